The van der Waals surface area contributed by atoms with Gasteiger partial charge < -0.3 is 25.0 Å². The molecular formula is C34H34N4O7S2. The quantitative estimate of drug-likeness (QED) is 0.182. The van der Waals surface area contributed by atoms with Gasteiger partial charge in [0.15, 0.2) is 6.04 Å². The highest BCUT2D eigenvalue weighted by Gasteiger charge is 2.31. The number of nitrogens with one attached hydrogen (secondary N) is 1. The minimum Gasteiger partial charge on any atom is -0.507 e. The number of rotatable bonds is 9. The monoisotopic (exact) mass is 674 g/mol. The molecule has 0 radical (unpaired) electrons. The number of phenols is 2. The van der Waals surface area contributed by atoms with E-state index in [1.165, 1.54) is 28.0 Å². The molecule has 0 saturated heterocycles. The van der Waals surface area contributed by atoms with Crippen molar-refractivity contribution in [2.24, 2.45) is 4.99 Å². The highest BCUT2D eigenvalue weighted by molar-refractivity contribution is 8.15. The van der Waals surface area contributed by atoms with Gasteiger partial charge in [0.1, 0.15) is 28.2 Å². The van der Waals surface area contributed by atoms with Crippen molar-refractivity contribution in [3.63, 3.8) is 0 Å². The fraction of sp³-hybridized carbons (Fsp3) is 0.265. The number of anilines is 2. The molecule has 0 fully saturated rings. The average Bonchev–Trinajstić information content (AvgIpc) is 3.69. The first-order valence-corrected chi connectivity index (χ1v) is 16.3. The van der Waals surface area contributed by atoms with Crippen LogP contribution in [0.1, 0.15) is 42.0 Å². The molecule has 1 atom stereocenters. The lowest BCUT2D eigenvalue weighted by molar-refractivity contribution is -0.137. The molecule has 0 saturated carbocycles. The van der Waals surface area contributed by atoms with Gasteiger partial charge in [-0.05, 0) is 42.8 Å². The lowest BCUT2D eigenvalue weighted by Gasteiger charge is -2.29. The van der Waals surface area contributed by atoms with Gasteiger partial charge in [0.25, 0.3) is 0 Å². The molecule has 3 aromatic carbocycles. The number of thiazole rings is 1. The number of thioether (sulfide) groups is 1. The normalized spacial score (nSPS) is 14.6. The summed E-state index contributed by atoms with van der Waals surface area (Å²) in [6, 6.07) is 11.5. The van der Waals surface area contributed by atoms with Crippen molar-refractivity contribution < 1.29 is 34.4 Å². The zero-order chi connectivity index (χ0) is 34.2. The van der Waals surface area contributed by atoms with Crippen molar-refractivity contribution in [3.8, 4) is 11.5 Å². The molecule has 1 aliphatic rings. The van der Waals surface area contributed by atoms with Crippen LogP contribution in [0.4, 0.5) is 16.2 Å². The predicted molar refractivity (Wildman–Crippen MR) is 186 cm³/mol. The first-order chi connectivity index (χ1) is 22.2. The number of benzene rings is 3. The van der Waals surface area contributed by atoms with E-state index in [0.29, 0.717) is 54.6 Å². The number of carboxylic acids is 1. The van der Waals surface area contributed by atoms with Crippen LogP contribution in [0.25, 0.3) is 23.4 Å². The molecule has 4 N–H and O–H groups in total. The Kier molecular flexibility index (Phi) is 9.32. The average molecular weight is 675 g/mol. The molecule has 0 bridgehead atoms. The Labute approximate surface area is 278 Å². The second-order valence-electron chi connectivity index (χ2n) is 11.8. The largest absolute Gasteiger partial charge is 0.507 e. The molecule has 2 heterocycles. The number of hydrogen-bond donors (Lipinski definition) is 4. The summed E-state index contributed by atoms with van der Waals surface area (Å²) in [6.45, 7) is 13.0. The number of hydrogen-bond acceptors (Lipinski definition) is 10. The van der Waals surface area contributed by atoms with Crippen molar-refractivity contribution in [3.05, 3.63) is 74.6 Å². The lowest BCUT2D eigenvalue weighted by atomic mass is 9.78. The highest BCUT2D eigenvalue weighted by Crippen LogP contribution is 2.33. The van der Waals surface area contributed by atoms with E-state index in [0.717, 1.165) is 4.70 Å². The summed E-state index contributed by atoms with van der Waals surface area (Å²) < 4.78 is 6.21. The molecule has 0 aliphatic carbocycles. The van der Waals surface area contributed by atoms with Gasteiger partial charge in [0.2, 0.25) is 5.91 Å². The summed E-state index contributed by atoms with van der Waals surface area (Å²) in [5.41, 5.74) is 2.54. The molecule has 244 valence electrons. The second kappa shape index (κ2) is 13.1. The second-order valence-corrected chi connectivity index (χ2v) is 13.9. The molecule has 2 amide bonds. The van der Waals surface area contributed by atoms with E-state index < -0.39 is 23.5 Å². The van der Waals surface area contributed by atoms with Gasteiger partial charge in [-0.15, -0.1) is 23.1 Å². The van der Waals surface area contributed by atoms with Gasteiger partial charge in [-0.3, -0.25) is 15.1 Å². The Bertz CT molecular complexity index is 2040. The zero-order valence-electron chi connectivity index (χ0n) is 26.3. The smallest absolute Gasteiger partial charge is 0.411 e. The van der Waals surface area contributed by atoms with Gasteiger partial charge in [-0.25, -0.2) is 14.6 Å². The standard InChI is InChI=1S/C34H34N4O7S2/c1-17-18(2)29(41)27(19(3)28(17)40)34(4,5)14-26(39)38(6)22-10-7-20(8-11-22)15-45-33(44)35-21-9-12-23-25(13-21)47-31(36-23)30-37-24(16-46-30)32(42)43/h7-13,24,40-41H,2-3,14-16H2,1,4-6H3,(H,35,44)(H,42,43). The van der Waals surface area contributed by atoms with Crippen LogP contribution < -0.4 is 20.7 Å². The Morgan fingerprint density at radius 1 is 1.09 bits per heavy atom. The maximum atomic E-state index is 13.3. The number of carbonyl (C=O) groups excluding carboxylic acids is 2. The number of fused-ring (bicyclic) bond motifs is 1. The van der Waals surface area contributed by atoms with Crippen LogP contribution in [0.15, 0.2) is 47.5 Å². The van der Waals surface area contributed by atoms with Gasteiger partial charge in [0, 0.05) is 57.6 Å². The van der Waals surface area contributed by atoms with Crippen LogP contribution in [0.5, 0.6) is 11.5 Å². The molecule has 13 heteroatoms. The van der Waals surface area contributed by atoms with Gasteiger partial charge >= 0.3 is 12.1 Å². The minimum absolute atomic E-state index is 0.00139. The van der Waals surface area contributed by atoms with Gasteiger partial charge in [-0.2, -0.15) is 0 Å². The molecule has 1 unspecified atom stereocenters. The van der Waals surface area contributed by atoms with Gasteiger partial charge in [0.05, 0.1) is 10.2 Å². The summed E-state index contributed by atoms with van der Waals surface area (Å²) in [5.74, 6) is -0.932. The number of aromatic nitrogens is 1. The van der Waals surface area contributed by atoms with Crippen molar-refractivity contribution >= 4 is 80.9 Å². The van der Waals surface area contributed by atoms with Crippen LogP contribution >= 0.6 is 23.1 Å². The van der Waals surface area contributed by atoms with E-state index in [9.17, 15) is 29.7 Å². The van der Waals surface area contributed by atoms with Crippen molar-refractivity contribution in [2.75, 3.05) is 23.0 Å². The molecule has 1 aromatic heterocycles. The molecule has 1 aliphatic heterocycles. The minimum atomic E-state index is -0.960. The number of aromatic hydroxyl groups is 2. The number of phenolic OH excluding ortho intramolecular Hbond substituents is 2. The SMILES string of the molecule is C=c1c(C)c(O)c(=C)c(C(C)(C)CC(=O)N(C)c2ccc(COC(=O)Nc3ccc4nc(C5=NC(C(=O)O)CS5)sc4c3)cc2)c1O. The van der Waals surface area contributed by atoms with Crippen LogP contribution in [0.2, 0.25) is 0 Å². The maximum Gasteiger partial charge on any atom is 0.411 e. The van der Waals surface area contributed by atoms with Crippen LogP contribution in [-0.2, 0) is 26.3 Å². The first kappa shape index (κ1) is 33.5. The molecule has 0 spiro atoms. The molecule has 11 nitrogen and oxygen atoms in total. The number of nitrogens with zero attached hydrogens (tertiary/aromatic N) is 3. The Balaban J connectivity index is 1.17. The topological polar surface area (TPSA) is 162 Å². The third-order valence-corrected chi connectivity index (χ3v) is 10.2. The third-order valence-electron chi connectivity index (χ3n) is 8.01. The van der Waals surface area contributed by atoms with E-state index >= 15 is 0 Å². The predicted octanol–water partition coefficient (Wildman–Crippen LogP) is 4.86. The van der Waals surface area contributed by atoms with E-state index in [1.54, 1.807) is 70.3 Å². The fourth-order valence-electron chi connectivity index (χ4n) is 5.25. The third kappa shape index (κ3) is 6.96. The van der Waals surface area contributed by atoms with Crippen LogP contribution in [0.3, 0.4) is 0 Å². The summed E-state index contributed by atoms with van der Waals surface area (Å²) >= 11 is 2.73. The molecular weight excluding hydrogens is 641 g/mol. The number of ether oxygens (including phenoxy) is 1. The van der Waals surface area contributed by atoms with Crippen molar-refractivity contribution in [2.45, 2.75) is 45.3 Å². The first-order valence-electron chi connectivity index (χ1n) is 14.5. The molecule has 47 heavy (non-hydrogen) atoms. The van der Waals surface area contributed by atoms with Crippen molar-refractivity contribution in [1.29, 1.82) is 0 Å². The maximum absolute atomic E-state index is 13.3. The fourth-order valence-corrected chi connectivity index (χ4v) is 7.35. The summed E-state index contributed by atoms with van der Waals surface area (Å²) in [4.78, 5) is 47.3. The highest BCUT2D eigenvalue weighted by atomic mass is 32.2. The molecule has 4 aromatic rings. The van der Waals surface area contributed by atoms with Crippen LogP contribution in [-0.4, -0.2) is 62.2 Å². The number of carboxylic acid groups (broad SMARTS) is 1. The zero-order valence-corrected chi connectivity index (χ0v) is 27.9. The van der Waals surface area contributed by atoms with E-state index in [4.69, 9.17) is 4.74 Å². The van der Waals surface area contributed by atoms with E-state index in [2.05, 4.69) is 28.5 Å². The van der Waals surface area contributed by atoms with Gasteiger partial charge in [-0.1, -0.05) is 39.1 Å². The van der Waals surface area contributed by atoms with Crippen LogP contribution in [0, 0.1) is 6.92 Å². The Morgan fingerprint density at radius 2 is 1.79 bits per heavy atom. The number of amides is 2. The summed E-state index contributed by atoms with van der Waals surface area (Å²) in [5, 5.41) is 35.0. The Hall–Kier alpha value is -4.88. The summed E-state index contributed by atoms with van der Waals surface area (Å²) in [7, 11) is 1.65. The number of aliphatic imine (C=N–C) groups is 1. The van der Waals surface area contributed by atoms with E-state index in [1.807, 2.05) is 0 Å². The molecule has 5 rings (SSSR count). The lowest BCUT2D eigenvalue weighted by Crippen LogP contribution is -2.36. The number of aliphatic carboxylic acids is 1. The van der Waals surface area contributed by atoms with E-state index in [-0.39, 0.29) is 35.7 Å². The summed E-state index contributed by atoms with van der Waals surface area (Å²) in [6.07, 6.45) is -0.617. The Morgan fingerprint density at radius 3 is 2.45 bits per heavy atom. The number of carbonyl (C=O) groups is 3. The van der Waals surface area contributed by atoms with Crippen molar-refractivity contribution in [1.82, 2.24) is 4.98 Å².